The van der Waals surface area contributed by atoms with Crippen molar-refractivity contribution in [3.63, 3.8) is 0 Å². The van der Waals surface area contributed by atoms with Crippen molar-refractivity contribution in [2.75, 3.05) is 6.54 Å². The molecule has 0 aromatic heterocycles. The Balaban J connectivity index is 2.67. The van der Waals surface area contributed by atoms with Crippen LogP contribution in [0.4, 0.5) is 18.0 Å². The zero-order valence-electron chi connectivity index (χ0n) is 28.3. The summed E-state index contributed by atoms with van der Waals surface area (Å²) in [6.07, 6.45) is 14.7. The summed E-state index contributed by atoms with van der Waals surface area (Å²) >= 11 is 0. The molecule has 0 saturated carbocycles. The average Bonchev–Trinajstić information content (AvgIpc) is 3.30. The van der Waals surface area contributed by atoms with Gasteiger partial charge in [-0.2, -0.15) is 0 Å². The van der Waals surface area contributed by atoms with Crippen LogP contribution in [0.2, 0.25) is 0 Å². The van der Waals surface area contributed by atoms with Crippen LogP contribution in [0.15, 0.2) is 107 Å². The molecule has 2 aliphatic rings. The number of amidine groups is 1. The van der Waals surface area contributed by atoms with Gasteiger partial charge in [0.2, 0.25) is 0 Å². The van der Waals surface area contributed by atoms with Crippen LogP contribution in [-0.4, -0.2) is 40.6 Å². The number of rotatable bonds is 14. The van der Waals surface area contributed by atoms with Gasteiger partial charge < -0.3 is 27.1 Å². The fourth-order valence-corrected chi connectivity index (χ4v) is 5.56. The van der Waals surface area contributed by atoms with E-state index in [4.69, 9.17) is 16.9 Å². The Bertz CT molecular complexity index is 1460. The Hall–Kier alpha value is -4.38. The van der Waals surface area contributed by atoms with Crippen molar-refractivity contribution >= 4 is 18.1 Å². The summed E-state index contributed by atoms with van der Waals surface area (Å²) in [5, 5.41) is 20.3. The first-order valence-electron chi connectivity index (χ1n) is 15.9. The van der Waals surface area contributed by atoms with Crippen LogP contribution in [0.1, 0.15) is 67.2 Å². The lowest BCUT2D eigenvalue weighted by Gasteiger charge is -2.37. The smallest absolute Gasteiger partial charge is 0.326 e. The van der Waals surface area contributed by atoms with Crippen molar-refractivity contribution in [1.82, 2.24) is 15.1 Å². The SMILES string of the molecule is C=C(C=N)/C=C(NC(N)C(CC1C=C(F)C(F)=C(F)C1)C(=N)N(C(N)=O)/C(=C/C)N1C=CC=C/C(=C(/C)CC)C1)\C(=C/C)C(C)CC. The van der Waals surface area contributed by atoms with E-state index in [0.29, 0.717) is 23.6 Å². The van der Waals surface area contributed by atoms with Crippen LogP contribution in [0, 0.1) is 28.6 Å². The molecule has 2 rings (SSSR count). The second-order valence-electron chi connectivity index (χ2n) is 11.7. The summed E-state index contributed by atoms with van der Waals surface area (Å²) in [6, 6.07) is -0.951. The number of primary amides is 1. The van der Waals surface area contributed by atoms with E-state index >= 15 is 0 Å². The number of urea groups is 1. The lowest BCUT2D eigenvalue weighted by atomic mass is 9.85. The third-order valence-electron chi connectivity index (χ3n) is 8.55. The molecule has 47 heavy (non-hydrogen) atoms. The predicted molar refractivity (Wildman–Crippen MR) is 186 cm³/mol. The maximum Gasteiger partial charge on any atom is 0.326 e. The number of hydrogen-bond donors (Lipinski definition) is 5. The standard InChI is InChI=1S/C36H50F3N7O/c1-8-23(6)26-14-12-13-15-45(21-26)32(11-4)46(36(43)47)35(42)28(17-25-18-29(37)33(39)30(38)19-25)34(41)44-31(16-22(5)20-40)27(10-3)24(7)9-2/h10-16,18,20,24-25,28,34,40,42,44H,5,8-9,17,19,21,41H2,1-4,6-7H3,(H2,43,47)/b26-23+,27-10-,31-16+,32-11+,40-20?,42-35?. The Morgan fingerprint density at radius 2 is 1.91 bits per heavy atom. The minimum Gasteiger partial charge on any atom is -0.369 e. The number of amides is 2. The topological polar surface area (TPSA) is 135 Å². The molecule has 0 aromatic carbocycles. The first-order chi connectivity index (χ1) is 22.2. The molecule has 11 heteroatoms. The lowest BCUT2D eigenvalue weighted by molar-refractivity contribution is 0.224. The first-order valence-corrected chi connectivity index (χ1v) is 15.9. The Labute approximate surface area is 277 Å². The molecule has 4 atom stereocenters. The number of halogens is 3. The van der Waals surface area contributed by atoms with Gasteiger partial charge in [0.05, 0.1) is 12.1 Å². The van der Waals surface area contributed by atoms with Crippen molar-refractivity contribution in [3.8, 4) is 0 Å². The molecule has 0 spiro atoms. The first kappa shape index (κ1) is 38.8. The molecule has 0 aromatic rings. The number of nitrogens with two attached hydrogens (primary N) is 2. The lowest BCUT2D eigenvalue weighted by Crippen LogP contribution is -2.54. The zero-order chi connectivity index (χ0) is 35.4. The van der Waals surface area contributed by atoms with Crippen LogP contribution < -0.4 is 16.8 Å². The molecule has 2 amide bonds. The van der Waals surface area contributed by atoms with E-state index in [1.165, 1.54) is 0 Å². The molecular formula is C36H50F3N7O. The molecule has 0 saturated heterocycles. The summed E-state index contributed by atoms with van der Waals surface area (Å²) in [4.78, 5) is 16.0. The van der Waals surface area contributed by atoms with E-state index in [0.717, 1.165) is 46.8 Å². The van der Waals surface area contributed by atoms with Gasteiger partial charge in [-0.25, -0.2) is 22.9 Å². The third kappa shape index (κ3) is 10.1. The molecule has 256 valence electrons. The van der Waals surface area contributed by atoms with Crippen molar-refractivity contribution < 1.29 is 18.0 Å². The Morgan fingerprint density at radius 3 is 2.45 bits per heavy atom. The second-order valence-corrected chi connectivity index (χ2v) is 11.7. The second kappa shape index (κ2) is 18.1. The highest BCUT2D eigenvalue weighted by Crippen LogP contribution is 2.36. The average molecular weight is 654 g/mol. The van der Waals surface area contributed by atoms with E-state index < -0.39 is 47.9 Å². The third-order valence-corrected chi connectivity index (χ3v) is 8.55. The van der Waals surface area contributed by atoms with E-state index in [2.05, 4.69) is 11.9 Å². The summed E-state index contributed by atoms with van der Waals surface area (Å²) in [5.41, 5.74) is 16.7. The maximum atomic E-state index is 14.4. The Kier molecular flexibility index (Phi) is 14.9. The van der Waals surface area contributed by atoms with Crippen LogP contribution in [0.3, 0.4) is 0 Å². The van der Waals surface area contributed by atoms with Gasteiger partial charge in [0, 0.05) is 31.1 Å². The molecule has 1 aliphatic heterocycles. The van der Waals surface area contributed by atoms with Crippen LogP contribution in [0.5, 0.6) is 0 Å². The summed E-state index contributed by atoms with van der Waals surface area (Å²) in [7, 11) is 0. The van der Waals surface area contributed by atoms with E-state index in [-0.39, 0.29) is 18.2 Å². The highest BCUT2D eigenvalue weighted by atomic mass is 19.2. The number of hydrogen-bond acceptors (Lipinski definition) is 6. The molecule has 0 fully saturated rings. The summed E-state index contributed by atoms with van der Waals surface area (Å²) in [5.74, 6) is -5.97. The number of carbonyl (C=O) groups is 1. The van der Waals surface area contributed by atoms with Gasteiger partial charge in [0.1, 0.15) is 17.5 Å². The fourth-order valence-electron chi connectivity index (χ4n) is 5.56. The monoisotopic (exact) mass is 653 g/mol. The quantitative estimate of drug-likeness (QED) is 0.0558. The molecule has 4 unspecified atom stereocenters. The number of nitrogens with one attached hydrogen (secondary N) is 3. The highest BCUT2D eigenvalue weighted by molar-refractivity contribution is 5.98. The number of allylic oxidation sites excluding steroid dienone is 12. The zero-order valence-corrected chi connectivity index (χ0v) is 28.3. The molecule has 0 radical (unpaired) electrons. The van der Waals surface area contributed by atoms with Crippen molar-refractivity contribution in [3.05, 3.63) is 107 Å². The maximum absolute atomic E-state index is 14.4. The van der Waals surface area contributed by atoms with Crippen LogP contribution in [-0.2, 0) is 0 Å². The van der Waals surface area contributed by atoms with Crippen LogP contribution >= 0.6 is 0 Å². The molecule has 8 nitrogen and oxygen atoms in total. The molecule has 1 aliphatic carbocycles. The van der Waals surface area contributed by atoms with Crippen molar-refractivity contribution in [2.45, 2.75) is 73.4 Å². The summed E-state index contributed by atoms with van der Waals surface area (Å²) < 4.78 is 42.8. The predicted octanol–water partition coefficient (Wildman–Crippen LogP) is 8.30. The van der Waals surface area contributed by atoms with Gasteiger partial charge in [0.15, 0.2) is 11.7 Å². The molecular weight excluding hydrogens is 603 g/mol. The van der Waals surface area contributed by atoms with E-state index in [1.807, 2.05) is 58.9 Å². The van der Waals surface area contributed by atoms with E-state index in [9.17, 15) is 23.4 Å². The minimum atomic E-state index is -1.54. The number of nitrogens with zero attached hydrogens (tertiary/aromatic N) is 2. The molecule has 0 bridgehead atoms. The van der Waals surface area contributed by atoms with Gasteiger partial charge in [-0.1, -0.05) is 51.2 Å². The van der Waals surface area contributed by atoms with Gasteiger partial charge in [0.25, 0.3) is 0 Å². The highest BCUT2D eigenvalue weighted by Gasteiger charge is 2.36. The van der Waals surface area contributed by atoms with Crippen LogP contribution in [0.25, 0.3) is 0 Å². The van der Waals surface area contributed by atoms with Gasteiger partial charge in [-0.05, 0) is 92.9 Å². The fraction of sp³-hybridized carbons (Fsp3) is 0.417. The van der Waals surface area contributed by atoms with Gasteiger partial charge in [-0.15, -0.1) is 0 Å². The van der Waals surface area contributed by atoms with Gasteiger partial charge in [-0.3, -0.25) is 5.41 Å². The largest absolute Gasteiger partial charge is 0.369 e. The summed E-state index contributed by atoms with van der Waals surface area (Å²) in [6.45, 7) is 16.0. The van der Waals surface area contributed by atoms with E-state index in [1.54, 1.807) is 30.2 Å². The normalized spacial score (nSPS) is 20.6. The van der Waals surface area contributed by atoms with Crippen molar-refractivity contribution in [1.29, 1.82) is 10.8 Å². The van der Waals surface area contributed by atoms with Crippen molar-refractivity contribution in [2.24, 2.45) is 29.2 Å². The minimum absolute atomic E-state index is 0.0778. The Morgan fingerprint density at radius 1 is 1.23 bits per heavy atom. The molecule has 1 heterocycles. The molecule has 7 N–H and O–H groups in total. The van der Waals surface area contributed by atoms with Gasteiger partial charge >= 0.3 is 6.03 Å². The number of carbonyl (C=O) groups excluding carboxylic acids is 1.